The number of hydrogen-bond acceptors (Lipinski definition) is 4. The van der Waals surface area contributed by atoms with E-state index in [1.165, 1.54) is 0 Å². The number of ketones is 1. The maximum absolute atomic E-state index is 13.6. The molecule has 2 saturated heterocycles. The molecule has 0 saturated carbocycles. The van der Waals surface area contributed by atoms with Crippen LogP contribution in [0.3, 0.4) is 0 Å². The van der Waals surface area contributed by atoms with Crippen molar-refractivity contribution in [1.82, 2.24) is 19.4 Å². The Bertz CT molecular complexity index is 1420. The normalized spacial score (nSPS) is 18.1. The molecule has 1 atom stereocenters. The number of carbonyl (C=O) groups is 2. The highest BCUT2D eigenvalue weighted by molar-refractivity contribution is 6.09. The van der Waals surface area contributed by atoms with Crippen LogP contribution in [0.15, 0.2) is 35.1 Å². The van der Waals surface area contributed by atoms with E-state index in [9.17, 15) is 14.4 Å². The Labute approximate surface area is 224 Å². The zero-order chi connectivity index (χ0) is 27.1. The first-order valence-electron chi connectivity index (χ1n) is 14.0. The lowest BCUT2D eigenvalue weighted by molar-refractivity contribution is -0.136. The number of fused-ring (bicyclic) bond motifs is 1. The van der Waals surface area contributed by atoms with Gasteiger partial charge in [0, 0.05) is 71.9 Å². The smallest absolute Gasteiger partial charge is 0.251 e. The number of nitrogens with zero attached hydrogens (tertiary/aromatic N) is 3. The number of benzene rings is 1. The summed E-state index contributed by atoms with van der Waals surface area (Å²) in [6.07, 6.45) is 2.98. The number of H-pyrrole nitrogens is 1. The largest absolute Gasteiger partial charge is 0.341 e. The molecule has 38 heavy (non-hydrogen) atoms. The Morgan fingerprint density at radius 2 is 1.76 bits per heavy atom. The van der Waals surface area contributed by atoms with Gasteiger partial charge < -0.3 is 14.5 Å². The number of aromatic nitrogens is 2. The van der Waals surface area contributed by atoms with Crippen molar-refractivity contribution >= 4 is 22.6 Å². The third-order valence-electron chi connectivity index (χ3n) is 9.02. The van der Waals surface area contributed by atoms with Gasteiger partial charge in [0.1, 0.15) is 0 Å². The molecule has 5 rings (SSSR count). The molecule has 0 radical (unpaired) electrons. The van der Waals surface area contributed by atoms with E-state index in [4.69, 9.17) is 0 Å². The van der Waals surface area contributed by atoms with Crippen LogP contribution in [0, 0.1) is 26.7 Å². The summed E-state index contributed by atoms with van der Waals surface area (Å²) in [7, 11) is 0. The van der Waals surface area contributed by atoms with Gasteiger partial charge in [0.2, 0.25) is 5.91 Å². The third-order valence-corrected chi connectivity index (χ3v) is 9.02. The molecule has 2 aliphatic heterocycles. The van der Waals surface area contributed by atoms with Crippen molar-refractivity contribution in [2.75, 3.05) is 26.2 Å². The van der Waals surface area contributed by atoms with Gasteiger partial charge in [-0.3, -0.25) is 19.3 Å². The van der Waals surface area contributed by atoms with Crippen molar-refractivity contribution in [1.29, 1.82) is 0 Å². The van der Waals surface area contributed by atoms with Crippen LogP contribution in [0.25, 0.3) is 10.9 Å². The molecular formula is C31H40N4O3. The molecule has 2 aromatic heterocycles. The van der Waals surface area contributed by atoms with Crippen LogP contribution in [0.2, 0.25) is 0 Å². The van der Waals surface area contributed by atoms with Crippen LogP contribution in [0.1, 0.15) is 72.0 Å². The number of nitrogens with one attached hydrogen (secondary N) is 1. The first-order valence-corrected chi connectivity index (χ1v) is 14.0. The zero-order valence-electron chi connectivity index (χ0n) is 23.3. The average Bonchev–Trinajstić information content (AvgIpc) is 3.13. The van der Waals surface area contributed by atoms with Crippen molar-refractivity contribution in [2.24, 2.45) is 5.92 Å². The van der Waals surface area contributed by atoms with Crippen molar-refractivity contribution in [3.63, 3.8) is 0 Å². The van der Waals surface area contributed by atoms with Gasteiger partial charge in [-0.05, 0) is 83.7 Å². The average molecular weight is 517 g/mol. The summed E-state index contributed by atoms with van der Waals surface area (Å²) in [5.74, 6) is 0.797. The molecule has 1 amide bonds. The van der Waals surface area contributed by atoms with E-state index < -0.39 is 0 Å². The number of aromatic amines is 1. The molecule has 7 heteroatoms. The summed E-state index contributed by atoms with van der Waals surface area (Å²) < 4.78 is 2.38. The van der Waals surface area contributed by atoms with Crippen LogP contribution in [0.5, 0.6) is 0 Å². The van der Waals surface area contributed by atoms with E-state index in [2.05, 4.69) is 46.5 Å². The van der Waals surface area contributed by atoms with Gasteiger partial charge in [0.05, 0.1) is 0 Å². The van der Waals surface area contributed by atoms with Crippen molar-refractivity contribution in [2.45, 2.75) is 72.4 Å². The molecule has 0 aliphatic carbocycles. The minimum Gasteiger partial charge on any atom is -0.341 e. The van der Waals surface area contributed by atoms with E-state index in [1.54, 1.807) is 6.92 Å². The third kappa shape index (κ3) is 4.84. The van der Waals surface area contributed by atoms with Crippen LogP contribution >= 0.6 is 0 Å². The predicted octanol–water partition coefficient (Wildman–Crippen LogP) is 4.57. The van der Waals surface area contributed by atoms with E-state index in [0.717, 1.165) is 72.4 Å². The molecule has 4 heterocycles. The number of piperidine rings is 1. The monoisotopic (exact) mass is 516 g/mol. The van der Waals surface area contributed by atoms with Crippen molar-refractivity contribution in [3.05, 3.63) is 68.8 Å². The topological polar surface area (TPSA) is 78.4 Å². The van der Waals surface area contributed by atoms with Crippen molar-refractivity contribution in [3.8, 4) is 0 Å². The van der Waals surface area contributed by atoms with Gasteiger partial charge in [-0.2, -0.15) is 0 Å². The highest BCUT2D eigenvalue weighted by Gasteiger charge is 2.36. The molecule has 7 nitrogen and oxygen atoms in total. The summed E-state index contributed by atoms with van der Waals surface area (Å²) in [5, 5.41) is 1.01. The second-order valence-corrected chi connectivity index (χ2v) is 11.4. The number of para-hydroxylation sites is 1. The fraction of sp³-hybridized carbons (Fsp3) is 0.516. The minimum absolute atomic E-state index is 0.0923. The number of pyridine rings is 1. The van der Waals surface area contributed by atoms with E-state index in [0.29, 0.717) is 30.4 Å². The lowest BCUT2D eigenvalue weighted by Crippen LogP contribution is -2.61. The Morgan fingerprint density at radius 1 is 1.08 bits per heavy atom. The van der Waals surface area contributed by atoms with Gasteiger partial charge in [-0.1, -0.05) is 18.2 Å². The molecule has 1 N–H and O–H groups in total. The Balaban J connectivity index is 1.33. The van der Waals surface area contributed by atoms with Crippen LogP contribution in [0.4, 0.5) is 0 Å². The highest BCUT2D eigenvalue weighted by Crippen LogP contribution is 2.37. The molecule has 2 fully saturated rings. The van der Waals surface area contributed by atoms with Gasteiger partial charge in [-0.25, -0.2) is 0 Å². The summed E-state index contributed by atoms with van der Waals surface area (Å²) in [4.78, 5) is 45.0. The van der Waals surface area contributed by atoms with Gasteiger partial charge in [-0.15, -0.1) is 0 Å². The second-order valence-electron chi connectivity index (χ2n) is 11.4. The van der Waals surface area contributed by atoms with Gasteiger partial charge >= 0.3 is 0 Å². The Morgan fingerprint density at radius 3 is 2.42 bits per heavy atom. The molecule has 0 unspecified atom stereocenters. The van der Waals surface area contributed by atoms with Crippen LogP contribution < -0.4 is 5.56 Å². The highest BCUT2D eigenvalue weighted by atomic mass is 16.2. The zero-order valence-corrected chi connectivity index (χ0v) is 23.3. The number of aryl methyl sites for hydroxylation is 2. The molecule has 3 aromatic rings. The maximum Gasteiger partial charge on any atom is 0.251 e. The number of rotatable bonds is 7. The number of Topliss-reactive ketones (excluding diaryl/α,β-unsaturated/α-hetero) is 1. The maximum atomic E-state index is 13.6. The predicted molar refractivity (Wildman–Crippen MR) is 151 cm³/mol. The van der Waals surface area contributed by atoms with E-state index in [-0.39, 0.29) is 23.3 Å². The summed E-state index contributed by atoms with van der Waals surface area (Å²) in [6, 6.07) is 11.0. The van der Waals surface area contributed by atoms with Gasteiger partial charge in [0.25, 0.3) is 5.56 Å². The first kappa shape index (κ1) is 26.4. The molecule has 0 bridgehead atoms. The standard InChI is InChI=1S/C31H40N4O3/c1-19-16-20(2)32-31(38)26(19)10-11-29(37)30-22(4)35(28-9-7-6-8-27(28)30)21(3)24-12-14-33(15-13-24)25-17-34(18-25)23(5)36/h6-9,16,21,24-25H,10-15,17-18H2,1-5H3,(H,32,38)/t21-/m1/s1. The molecule has 0 spiro atoms. The number of amides is 1. The van der Waals surface area contributed by atoms with E-state index >= 15 is 0 Å². The number of hydrogen-bond donors (Lipinski definition) is 1. The fourth-order valence-electron chi connectivity index (χ4n) is 6.74. The van der Waals surface area contributed by atoms with E-state index in [1.807, 2.05) is 30.9 Å². The molecular weight excluding hydrogens is 476 g/mol. The summed E-state index contributed by atoms with van der Waals surface area (Å²) in [5.41, 5.74) is 5.32. The first-order chi connectivity index (χ1) is 18.2. The van der Waals surface area contributed by atoms with Crippen LogP contribution in [-0.4, -0.2) is 63.3 Å². The second kappa shape index (κ2) is 10.5. The fourth-order valence-corrected chi connectivity index (χ4v) is 6.74. The SMILES string of the molecule is CC(=O)N1CC(N2CCC([C@@H](C)n3c(C)c(C(=O)CCc4c(C)cc(C)[nH]c4=O)c4ccccc43)CC2)C1. The molecule has 202 valence electrons. The van der Waals surface area contributed by atoms with Crippen molar-refractivity contribution < 1.29 is 9.59 Å². The lowest BCUT2D eigenvalue weighted by atomic mass is 9.88. The quantitative estimate of drug-likeness (QED) is 0.467. The summed E-state index contributed by atoms with van der Waals surface area (Å²) in [6.45, 7) is 13.7. The number of carbonyl (C=O) groups excluding carboxylic acids is 2. The number of likely N-dealkylation sites (tertiary alicyclic amines) is 2. The van der Waals surface area contributed by atoms with Gasteiger partial charge in [0.15, 0.2) is 5.78 Å². The Hall–Kier alpha value is -3.19. The molecule has 2 aliphatic rings. The van der Waals surface area contributed by atoms with Crippen LogP contribution in [-0.2, 0) is 11.2 Å². The lowest BCUT2D eigenvalue weighted by Gasteiger charge is -2.48. The Kier molecular flexibility index (Phi) is 7.32. The summed E-state index contributed by atoms with van der Waals surface area (Å²) >= 11 is 0. The molecule has 1 aromatic carbocycles. The minimum atomic E-state index is -0.0923.